The van der Waals surface area contributed by atoms with Crippen molar-refractivity contribution in [2.24, 2.45) is 5.92 Å². The Hall–Kier alpha value is -3.20. The molecule has 0 bridgehead atoms. The molecular weight excluding hydrogens is 644 g/mol. The van der Waals surface area contributed by atoms with Crippen molar-refractivity contribution < 1.29 is 83.6 Å². The number of aliphatic hydroxyl groups is 7. The summed E-state index contributed by atoms with van der Waals surface area (Å²) in [7, 11) is 1.11. The van der Waals surface area contributed by atoms with Crippen molar-refractivity contribution in [3.8, 4) is 5.75 Å². The van der Waals surface area contributed by atoms with Crippen molar-refractivity contribution in [3.05, 3.63) is 53.3 Å². The summed E-state index contributed by atoms with van der Waals surface area (Å²) in [5, 5.41) is 80.8. The van der Waals surface area contributed by atoms with E-state index in [1.807, 2.05) is 0 Å². The quantitative estimate of drug-likeness (QED) is 0.0834. The highest BCUT2D eigenvalue weighted by Gasteiger charge is 2.49. The molecule has 0 spiro atoms. The molecular formula is C31H42O17. The second kappa shape index (κ2) is 17.0. The number of carbonyl (C=O) groups excluding carboxylic acids is 2. The molecule has 2 fully saturated rings. The molecule has 17 nitrogen and oxygen atoms in total. The van der Waals surface area contributed by atoms with E-state index in [0.29, 0.717) is 6.42 Å². The highest BCUT2D eigenvalue weighted by Crippen LogP contribution is 2.37. The molecule has 0 amide bonds. The maximum Gasteiger partial charge on any atom is 0.337 e. The van der Waals surface area contributed by atoms with Gasteiger partial charge in [-0.05, 0) is 31.0 Å². The number of esters is 2. The maximum absolute atomic E-state index is 13.4. The number of methoxy groups -OCH3 is 1. The number of ether oxygens (including phenoxy) is 7. The van der Waals surface area contributed by atoms with Crippen LogP contribution in [0.2, 0.25) is 0 Å². The normalized spacial score (nSPS) is 36.2. The molecule has 268 valence electrons. The molecule has 0 radical (unpaired) electrons. The first kappa shape index (κ1) is 37.6. The third kappa shape index (κ3) is 8.50. The lowest BCUT2D eigenvalue weighted by Crippen LogP contribution is -2.60. The van der Waals surface area contributed by atoms with E-state index in [1.165, 1.54) is 18.2 Å². The highest BCUT2D eigenvalue weighted by atomic mass is 16.8. The van der Waals surface area contributed by atoms with Crippen molar-refractivity contribution >= 4 is 11.9 Å². The number of carbonyl (C=O) groups is 2. The molecule has 3 heterocycles. The maximum atomic E-state index is 13.4. The molecule has 0 unspecified atom stereocenters. The first-order chi connectivity index (χ1) is 22.9. The molecule has 12 atom stereocenters. The number of aliphatic hydroxyl groups excluding tert-OH is 7. The fraction of sp³-hybridized carbons (Fsp3) is 0.613. The van der Waals surface area contributed by atoms with Gasteiger partial charge < -0.3 is 74.0 Å². The van der Waals surface area contributed by atoms with Gasteiger partial charge in [-0.3, -0.25) is 4.79 Å². The van der Waals surface area contributed by atoms with Gasteiger partial charge in [-0.25, -0.2) is 4.79 Å². The van der Waals surface area contributed by atoms with Crippen LogP contribution in [0.5, 0.6) is 5.75 Å². The number of benzene rings is 1. The van der Waals surface area contributed by atoms with E-state index in [0.717, 1.165) is 18.9 Å². The minimum absolute atomic E-state index is 0.000656. The van der Waals surface area contributed by atoms with Crippen LogP contribution in [0.15, 0.2) is 47.7 Å². The molecule has 4 rings (SSSR count). The molecule has 3 aliphatic rings. The zero-order valence-corrected chi connectivity index (χ0v) is 26.2. The average molecular weight is 687 g/mol. The molecule has 48 heavy (non-hydrogen) atoms. The minimum atomic E-state index is -1.77. The van der Waals surface area contributed by atoms with E-state index in [2.05, 4.69) is 0 Å². The van der Waals surface area contributed by atoms with Crippen molar-refractivity contribution in [3.63, 3.8) is 0 Å². The van der Waals surface area contributed by atoms with E-state index < -0.39 is 105 Å². The van der Waals surface area contributed by atoms with Crippen LogP contribution in [-0.2, 0) is 49.2 Å². The highest BCUT2D eigenvalue weighted by molar-refractivity contribution is 5.90. The van der Waals surface area contributed by atoms with Crippen LogP contribution < -0.4 is 0 Å². The predicted molar refractivity (Wildman–Crippen MR) is 157 cm³/mol. The summed E-state index contributed by atoms with van der Waals surface area (Å²) >= 11 is 0. The van der Waals surface area contributed by atoms with E-state index in [-0.39, 0.29) is 23.5 Å². The topological polar surface area (TPSA) is 261 Å². The second-order valence-electron chi connectivity index (χ2n) is 11.4. The molecule has 1 aromatic carbocycles. The minimum Gasteiger partial charge on any atom is -0.508 e. The zero-order chi connectivity index (χ0) is 35.1. The Morgan fingerprint density at radius 2 is 1.50 bits per heavy atom. The van der Waals surface area contributed by atoms with Gasteiger partial charge in [0.2, 0.25) is 6.29 Å². The first-order valence-corrected chi connectivity index (χ1v) is 15.2. The predicted octanol–water partition coefficient (Wildman–Crippen LogP) is -2.52. The number of phenols is 1. The van der Waals surface area contributed by atoms with Crippen molar-refractivity contribution in [2.45, 2.75) is 87.5 Å². The van der Waals surface area contributed by atoms with Gasteiger partial charge >= 0.3 is 11.9 Å². The summed E-state index contributed by atoms with van der Waals surface area (Å²) in [4.78, 5) is 26.1. The summed E-state index contributed by atoms with van der Waals surface area (Å²) < 4.78 is 38.5. The summed E-state index contributed by atoms with van der Waals surface area (Å²) in [5.74, 6) is -2.90. The Kier molecular flexibility index (Phi) is 13.3. The molecule has 0 aliphatic carbocycles. The number of rotatable bonds is 12. The molecule has 0 saturated carbocycles. The SMILES string of the molecule is C/C=C1\[C@H](O[C@@H]2O[C@H](CO)[C@@H](O)[C@H](O)[C@H]2O)OC=C(C(=O)OC)[C@H]1CC(=O)O[C@H]1[C@H](OCCc2ccc(O)cc2)O[C@H](CO)[C@@H](O)[C@@H]1O. The summed E-state index contributed by atoms with van der Waals surface area (Å²) in [6, 6.07) is 6.32. The number of phenolic OH excluding ortho intramolecular Hbond substituents is 1. The smallest absolute Gasteiger partial charge is 0.337 e. The monoisotopic (exact) mass is 686 g/mol. The summed E-state index contributed by atoms with van der Waals surface area (Å²) in [6.45, 7) is 0.161. The number of aromatic hydroxyl groups is 1. The molecule has 2 saturated heterocycles. The van der Waals surface area contributed by atoms with Crippen molar-refractivity contribution in [2.75, 3.05) is 26.9 Å². The number of hydrogen-bond donors (Lipinski definition) is 8. The fourth-order valence-electron chi connectivity index (χ4n) is 5.56. The first-order valence-electron chi connectivity index (χ1n) is 15.2. The zero-order valence-electron chi connectivity index (χ0n) is 26.2. The Bertz CT molecular complexity index is 1280. The Balaban J connectivity index is 1.50. The van der Waals surface area contributed by atoms with Crippen LogP contribution in [0.1, 0.15) is 18.9 Å². The van der Waals surface area contributed by atoms with E-state index in [4.69, 9.17) is 33.2 Å². The molecule has 8 N–H and O–H groups in total. The third-order valence-electron chi connectivity index (χ3n) is 8.30. The lowest BCUT2D eigenvalue weighted by atomic mass is 9.86. The van der Waals surface area contributed by atoms with Gasteiger partial charge in [0.1, 0.15) is 48.5 Å². The number of hydrogen-bond acceptors (Lipinski definition) is 17. The van der Waals surface area contributed by atoms with Gasteiger partial charge in [-0.2, -0.15) is 0 Å². The lowest BCUT2D eigenvalue weighted by molar-refractivity contribution is -0.327. The molecule has 1 aromatic rings. The van der Waals surface area contributed by atoms with E-state index in [1.54, 1.807) is 19.1 Å². The van der Waals surface area contributed by atoms with Crippen LogP contribution in [0.25, 0.3) is 0 Å². The molecule has 3 aliphatic heterocycles. The Labute approximate surface area is 275 Å². The van der Waals surface area contributed by atoms with Gasteiger partial charge in [-0.1, -0.05) is 18.2 Å². The van der Waals surface area contributed by atoms with Crippen LogP contribution in [0.3, 0.4) is 0 Å². The van der Waals surface area contributed by atoms with Gasteiger partial charge in [-0.15, -0.1) is 0 Å². The van der Waals surface area contributed by atoms with E-state index >= 15 is 0 Å². The standard InChI is InChI=1S/C31H42O17/c1-3-16-17(18(28(41)42-2)13-44-29(16)48-30-26(40)24(38)22(36)19(11-32)45-30)10-21(35)47-27-25(39)23(37)20(12-33)46-31(27)43-9-8-14-4-6-15(34)7-5-14/h3-7,13,17,19-20,22-27,29-34,36-40H,8-12H2,1-2H3/b16-3-/t17-,19+,20+,22+,23+,24-,25-,26+,27+,29-,30-,31+/m0/s1. The Morgan fingerprint density at radius 3 is 2.10 bits per heavy atom. The van der Waals surface area contributed by atoms with Crippen molar-refractivity contribution in [1.29, 1.82) is 0 Å². The average Bonchev–Trinajstić information content (AvgIpc) is 3.08. The Morgan fingerprint density at radius 1 is 0.875 bits per heavy atom. The van der Waals surface area contributed by atoms with E-state index in [9.17, 15) is 50.4 Å². The molecule has 0 aromatic heterocycles. The van der Waals surface area contributed by atoms with Gasteiger partial charge in [0.25, 0.3) is 0 Å². The lowest BCUT2D eigenvalue weighted by Gasteiger charge is -2.42. The van der Waals surface area contributed by atoms with Crippen molar-refractivity contribution in [1.82, 2.24) is 0 Å². The van der Waals surface area contributed by atoms with Crippen LogP contribution in [0, 0.1) is 5.92 Å². The van der Waals surface area contributed by atoms with Crippen LogP contribution in [0.4, 0.5) is 0 Å². The number of allylic oxidation sites excluding steroid dienone is 1. The van der Waals surface area contributed by atoms with Gasteiger partial charge in [0, 0.05) is 11.5 Å². The third-order valence-corrected chi connectivity index (χ3v) is 8.30. The van der Waals surface area contributed by atoms with Gasteiger partial charge in [0.15, 0.2) is 18.7 Å². The summed E-state index contributed by atoms with van der Waals surface area (Å²) in [6.07, 6.45) is -14.9. The van der Waals surface area contributed by atoms with Crippen LogP contribution in [-0.4, -0.2) is 147 Å². The largest absolute Gasteiger partial charge is 0.508 e. The van der Waals surface area contributed by atoms with Gasteiger partial charge in [0.05, 0.1) is 45.2 Å². The summed E-state index contributed by atoms with van der Waals surface area (Å²) in [5.41, 5.74) is 0.825. The molecule has 17 heteroatoms. The van der Waals surface area contributed by atoms with Crippen LogP contribution >= 0.6 is 0 Å². The second-order valence-corrected chi connectivity index (χ2v) is 11.4. The fourth-order valence-corrected chi connectivity index (χ4v) is 5.56.